The van der Waals surface area contributed by atoms with Crippen LogP contribution in [0.25, 0.3) is 0 Å². The molecular weight excluding hydrogens is 636 g/mol. The second-order valence-corrected chi connectivity index (χ2v) is 12.5. The van der Waals surface area contributed by atoms with Crippen molar-refractivity contribution in [2.45, 2.75) is 30.7 Å². The molecule has 0 saturated carbocycles. The average Bonchev–Trinajstić information content (AvgIpc) is 3.01. The molecule has 0 aromatic heterocycles. The van der Waals surface area contributed by atoms with Crippen molar-refractivity contribution in [2.24, 2.45) is 0 Å². The van der Waals surface area contributed by atoms with Gasteiger partial charge in [-0.05, 0) is 84.9 Å². The predicted molar refractivity (Wildman–Crippen MR) is 164 cm³/mol. The van der Waals surface area contributed by atoms with E-state index in [0.29, 0.717) is 16.9 Å². The number of alkyl halides is 3. The van der Waals surface area contributed by atoms with Gasteiger partial charge in [0.2, 0.25) is 0 Å². The van der Waals surface area contributed by atoms with Crippen LogP contribution in [-0.4, -0.2) is 20.1 Å². The van der Waals surface area contributed by atoms with E-state index in [4.69, 9.17) is 4.74 Å². The molecule has 0 saturated heterocycles. The minimum Gasteiger partial charge on any atom is -0.497 e. The zero-order chi connectivity index (χ0) is 32.6. The van der Waals surface area contributed by atoms with Crippen LogP contribution in [0.1, 0.15) is 21.5 Å². The quantitative estimate of drug-likeness (QED) is 0.0717. The van der Waals surface area contributed by atoms with Crippen LogP contribution in [0.5, 0.6) is 5.75 Å². The van der Waals surface area contributed by atoms with Crippen LogP contribution in [0, 0.1) is 0 Å². The number of ether oxygens (including phenoxy) is 1. The third kappa shape index (κ3) is 9.92. The molecule has 5 aromatic carbocycles. The van der Waals surface area contributed by atoms with Crippen molar-refractivity contribution < 1.29 is 40.0 Å². The molecule has 0 aliphatic heterocycles. The van der Waals surface area contributed by atoms with Crippen LogP contribution >= 0.6 is 11.8 Å². The van der Waals surface area contributed by atoms with E-state index in [2.05, 4.69) is 0 Å². The number of hydrogen-bond acceptors (Lipinski definition) is 3. The molecule has 0 radical (unpaired) electrons. The molecule has 0 aliphatic rings. The molecule has 5 aromatic rings. The Hall–Kier alpha value is -4.16. The molecule has 5 rings (SSSR count). The number of benzene rings is 5. The van der Waals surface area contributed by atoms with Gasteiger partial charge in [-0.2, -0.15) is 13.2 Å². The molecule has 0 fully saturated rings. The summed E-state index contributed by atoms with van der Waals surface area (Å²) in [6.07, 6.45) is -4.39. The van der Waals surface area contributed by atoms with Gasteiger partial charge in [-0.3, -0.25) is 4.79 Å². The Labute approximate surface area is 262 Å². The molecule has 12 heteroatoms. The number of rotatable bonds is 8. The van der Waals surface area contributed by atoms with Gasteiger partial charge in [0.1, 0.15) is 5.75 Å². The zero-order valence-corrected chi connectivity index (χ0v) is 25.1. The van der Waals surface area contributed by atoms with E-state index in [-0.39, 0.29) is 5.78 Å². The molecule has 0 N–H and O–H groups in total. The summed E-state index contributed by atoms with van der Waals surface area (Å²) in [6, 6.07) is 37.7. The Kier molecular flexibility index (Phi) is 11.1. The molecule has 0 heterocycles. The van der Waals surface area contributed by atoms with Crippen molar-refractivity contribution in [3.8, 4) is 5.75 Å². The number of carbonyl (C=O) groups is 1. The normalized spacial score (nSPS) is 12.1. The lowest BCUT2D eigenvalue weighted by atomic mass is 10.0. The molecule has 0 bridgehead atoms. The summed E-state index contributed by atoms with van der Waals surface area (Å²) in [6.45, 7) is 0. The summed E-state index contributed by atoms with van der Waals surface area (Å²) in [7, 11) is -5.03. The maximum absolute atomic E-state index is 13.2. The average molecular weight is 660 g/mol. The summed E-state index contributed by atoms with van der Waals surface area (Å²) >= 11 is 1.55. The van der Waals surface area contributed by atoms with E-state index < -0.39 is 29.9 Å². The van der Waals surface area contributed by atoms with E-state index in [1.807, 2.05) is 91.0 Å². The number of ketones is 1. The van der Waals surface area contributed by atoms with Gasteiger partial charge in [0.05, 0.1) is 23.6 Å². The lowest BCUT2D eigenvalue weighted by Crippen LogP contribution is -2.08. The first-order valence-corrected chi connectivity index (χ1v) is 15.3. The zero-order valence-electron chi connectivity index (χ0n) is 23.5. The number of methoxy groups -OCH3 is 1. The summed E-state index contributed by atoms with van der Waals surface area (Å²) < 4.78 is 83.9. The lowest BCUT2D eigenvalue weighted by Gasteiger charge is -2.11. The summed E-state index contributed by atoms with van der Waals surface area (Å²) in [5.74, 6) is 0.679. The van der Waals surface area contributed by atoms with Gasteiger partial charge in [-0.25, -0.2) is 0 Å². The van der Waals surface area contributed by atoms with E-state index in [0.717, 1.165) is 36.6 Å². The molecule has 0 aliphatic carbocycles. The van der Waals surface area contributed by atoms with Crippen LogP contribution in [0.15, 0.2) is 152 Å². The van der Waals surface area contributed by atoms with Gasteiger partial charge in [-0.1, -0.05) is 54.2 Å². The van der Waals surface area contributed by atoms with E-state index in [1.165, 1.54) is 0 Å². The second-order valence-electron chi connectivity index (χ2n) is 9.30. The first-order valence-electron chi connectivity index (χ1n) is 13.2. The van der Waals surface area contributed by atoms with Crippen molar-refractivity contribution >= 4 is 35.7 Å². The Morgan fingerprint density at radius 3 is 1.64 bits per heavy atom. The maximum atomic E-state index is 13.2. The molecule has 2 nitrogen and oxygen atoms in total. The van der Waals surface area contributed by atoms with Crippen LogP contribution < -0.4 is 4.74 Å². The van der Waals surface area contributed by atoms with Crippen LogP contribution in [0.4, 0.5) is 30.4 Å². The highest BCUT2D eigenvalue weighted by Crippen LogP contribution is 2.37. The number of halogens is 7. The third-order valence-corrected chi connectivity index (χ3v) is 9.37. The smallest absolute Gasteiger partial charge is 0.497 e. The fourth-order valence-corrected chi connectivity index (χ4v) is 7.06. The standard InChI is InChI=1S/C33H24F3O2S2.BF4/c1-38-26-12-18-30(19-13-26)40(29-16-10-25(11-17-29)33(34,35)36)31-20-14-27(15-21-31)39-28-9-5-8-24(22-28)32(37)23-6-3-2-4-7-23;2-1(3,4)5/h2-22H,1H3;/q+1;-1. The van der Waals surface area contributed by atoms with Crippen LogP contribution in [0.2, 0.25) is 0 Å². The summed E-state index contributed by atoms with van der Waals surface area (Å²) in [5, 5.41) is 0. The lowest BCUT2D eigenvalue weighted by molar-refractivity contribution is -0.137. The predicted octanol–water partition coefficient (Wildman–Crippen LogP) is 10.5. The highest BCUT2D eigenvalue weighted by Gasteiger charge is 2.33. The first-order chi connectivity index (χ1) is 21.3. The molecule has 232 valence electrons. The van der Waals surface area contributed by atoms with Gasteiger partial charge >= 0.3 is 13.4 Å². The van der Waals surface area contributed by atoms with E-state index in [9.17, 15) is 35.2 Å². The van der Waals surface area contributed by atoms with Gasteiger partial charge in [0, 0.05) is 20.9 Å². The molecule has 45 heavy (non-hydrogen) atoms. The Morgan fingerprint density at radius 2 is 1.13 bits per heavy atom. The largest absolute Gasteiger partial charge is 0.673 e. The monoisotopic (exact) mass is 660 g/mol. The molecule has 1 unspecified atom stereocenters. The van der Waals surface area contributed by atoms with Gasteiger partial charge < -0.3 is 22.0 Å². The number of carbonyl (C=O) groups excluding carboxylic acids is 1. The molecule has 0 spiro atoms. The molecule has 1 atom stereocenters. The summed E-state index contributed by atoms with van der Waals surface area (Å²) in [4.78, 5) is 17.5. The second kappa shape index (κ2) is 14.7. The fraction of sp³-hybridized carbons (Fsp3) is 0.0606. The molecule has 0 amide bonds. The minimum absolute atomic E-state index is 0.0292. The highest BCUT2D eigenvalue weighted by atomic mass is 32.2. The topological polar surface area (TPSA) is 26.3 Å². The van der Waals surface area contributed by atoms with Crippen molar-refractivity contribution in [2.75, 3.05) is 7.11 Å². The van der Waals surface area contributed by atoms with Crippen molar-refractivity contribution in [3.63, 3.8) is 0 Å². The minimum atomic E-state index is -6.00. The van der Waals surface area contributed by atoms with Crippen LogP contribution in [-0.2, 0) is 17.1 Å². The maximum Gasteiger partial charge on any atom is 0.673 e. The van der Waals surface area contributed by atoms with Crippen molar-refractivity contribution in [1.82, 2.24) is 0 Å². The first kappa shape index (κ1) is 33.7. The van der Waals surface area contributed by atoms with Crippen molar-refractivity contribution in [3.05, 3.63) is 144 Å². The van der Waals surface area contributed by atoms with E-state index in [1.54, 1.807) is 43.1 Å². The highest BCUT2D eigenvalue weighted by molar-refractivity contribution is 7.99. The number of hydrogen-bond donors (Lipinski definition) is 0. The fourth-order valence-electron chi connectivity index (χ4n) is 4.14. The van der Waals surface area contributed by atoms with E-state index >= 15 is 0 Å². The third-order valence-electron chi connectivity index (χ3n) is 6.14. The Morgan fingerprint density at radius 1 is 0.644 bits per heavy atom. The summed E-state index contributed by atoms with van der Waals surface area (Å²) in [5.41, 5.74) is 0.591. The SMILES string of the molecule is COc1ccc([S+](c2ccc(Sc3cccc(C(=O)c4ccccc4)c3)cc2)c2ccc(C(F)(F)F)cc2)cc1.F[B-](F)(F)F. The van der Waals surface area contributed by atoms with Crippen molar-refractivity contribution in [1.29, 1.82) is 0 Å². The Balaban J connectivity index is 0.000000854. The van der Waals surface area contributed by atoms with Crippen LogP contribution in [0.3, 0.4) is 0 Å². The Bertz CT molecular complexity index is 1690. The van der Waals surface area contributed by atoms with Gasteiger partial charge in [-0.15, -0.1) is 0 Å². The van der Waals surface area contributed by atoms with Gasteiger partial charge in [0.15, 0.2) is 20.5 Å². The molecular formula is C33H24BF7O2S2. The van der Waals surface area contributed by atoms with Gasteiger partial charge in [0.25, 0.3) is 0 Å².